The Morgan fingerprint density at radius 3 is 2.62 bits per heavy atom. The first-order chi connectivity index (χ1) is 9.88. The Labute approximate surface area is 120 Å². The molecular weight excluding hydrogens is 309 g/mol. The fourth-order valence-electron chi connectivity index (χ4n) is 1.47. The van der Waals surface area contributed by atoms with Crippen molar-refractivity contribution in [3.63, 3.8) is 0 Å². The van der Waals surface area contributed by atoms with E-state index in [1.807, 2.05) is 0 Å². The molecule has 0 saturated heterocycles. The Balaban J connectivity index is 2.17. The normalized spacial score (nSPS) is 10.4. The lowest BCUT2D eigenvalue weighted by Gasteiger charge is -2.04. The third kappa shape index (κ3) is 3.37. The first kappa shape index (κ1) is 15.0. The maximum atomic E-state index is 13.4. The number of nitrogens with zero attached hydrogens (tertiary/aromatic N) is 1. The molecule has 21 heavy (non-hydrogen) atoms. The van der Waals surface area contributed by atoms with Crippen LogP contribution in [-0.2, 0) is 11.2 Å². The molecule has 1 heterocycles. The van der Waals surface area contributed by atoms with E-state index in [1.165, 1.54) is 5.38 Å². The van der Waals surface area contributed by atoms with Crippen molar-refractivity contribution in [2.75, 3.05) is 5.32 Å². The average Bonchev–Trinajstić information content (AvgIpc) is 2.82. The molecule has 110 valence electrons. The predicted octanol–water partition coefficient (Wildman–Crippen LogP) is 2.44. The number of rotatable bonds is 4. The van der Waals surface area contributed by atoms with Crippen LogP contribution >= 0.6 is 11.3 Å². The highest BCUT2D eigenvalue weighted by atomic mass is 32.1. The molecule has 2 rings (SSSR count). The summed E-state index contributed by atoms with van der Waals surface area (Å²) in [6.07, 6.45) is -0.327. The lowest BCUT2D eigenvalue weighted by Crippen LogP contribution is -2.15. The molecule has 0 spiro atoms. The molecule has 1 amide bonds. The van der Waals surface area contributed by atoms with E-state index in [-0.39, 0.29) is 17.2 Å². The number of nitrogens with one attached hydrogen (secondary N) is 1. The van der Waals surface area contributed by atoms with E-state index in [0.29, 0.717) is 6.07 Å². The van der Waals surface area contributed by atoms with Crippen molar-refractivity contribution in [2.45, 2.75) is 6.42 Å². The number of carbonyl (C=O) groups excluding carboxylic acids is 1. The van der Waals surface area contributed by atoms with Crippen LogP contribution in [0.5, 0.6) is 0 Å². The van der Waals surface area contributed by atoms with E-state index in [9.17, 15) is 22.8 Å². The maximum absolute atomic E-state index is 13.4. The first-order valence-corrected chi connectivity index (χ1v) is 6.37. The van der Waals surface area contributed by atoms with E-state index < -0.39 is 34.9 Å². The summed E-state index contributed by atoms with van der Waals surface area (Å²) in [5.41, 5.74) is -0.461. The van der Waals surface area contributed by atoms with Crippen molar-refractivity contribution < 1.29 is 27.9 Å². The number of aromatic nitrogens is 1. The van der Waals surface area contributed by atoms with Gasteiger partial charge in [0, 0.05) is 5.38 Å². The molecule has 9 heteroatoms. The van der Waals surface area contributed by atoms with Gasteiger partial charge in [0.25, 0.3) is 5.91 Å². The van der Waals surface area contributed by atoms with Gasteiger partial charge in [0.2, 0.25) is 0 Å². The van der Waals surface area contributed by atoms with Crippen LogP contribution in [0, 0.1) is 17.5 Å². The van der Waals surface area contributed by atoms with Gasteiger partial charge in [0.1, 0.15) is 0 Å². The van der Waals surface area contributed by atoms with Crippen LogP contribution in [0.2, 0.25) is 0 Å². The van der Waals surface area contributed by atoms with Crippen LogP contribution in [0.3, 0.4) is 0 Å². The molecule has 0 aliphatic heterocycles. The molecule has 0 unspecified atom stereocenters. The zero-order valence-corrected chi connectivity index (χ0v) is 11.0. The topological polar surface area (TPSA) is 79.3 Å². The zero-order valence-electron chi connectivity index (χ0n) is 10.2. The number of hydrogen-bond acceptors (Lipinski definition) is 4. The van der Waals surface area contributed by atoms with E-state index >= 15 is 0 Å². The van der Waals surface area contributed by atoms with E-state index in [1.54, 1.807) is 0 Å². The Kier molecular flexibility index (Phi) is 4.22. The highest BCUT2D eigenvalue weighted by molar-refractivity contribution is 7.14. The lowest BCUT2D eigenvalue weighted by molar-refractivity contribution is -0.136. The largest absolute Gasteiger partial charge is 0.481 e. The number of amides is 1. The summed E-state index contributed by atoms with van der Waals surface area (Å²) in [6, 6.07) is 1.43. The minimum atomic E-state index is -1.74. The highest BCUT2D eigenvalue weighted by Gasteiger charge is 2.19. The van der Waals surface area contributed by atoms with Crippen LogP contribution in [0.15, 0.2) is 17.5 Å². The van der Waals surface area contributed by atoms with Gasteiger partial charge in [-0.1, -0.05) is 0 Å². The van der Waals surface area contributed by atoms with Crippen molar-refractivity contribution in [3.05, 3.63) is 46.2 Å². The van der Waals surface area contributed by atoms with Crippen LogP contribution < -0.4 is 5.32 Å². The molecule has 2 N–H and O–H groups in total. The van der Waals surface area contributed by atoms with Gasteiger partial charge in [0.05, 0.1) is 17.7 Å². The molecule has 0 saturated carbocycles. The van der Waals surface area contributed by atoms with Crippen molar-refractivity contribution in [2.24, 2.45) is 0 Å². The first-order valence-electron chi connectivity index (χ1n) is 5.49. The third-order valence-electron chi connectivity index (χ3n) is 2.38. The smallest absolute Gasteiger partial charge is 0.309 e. The van der Waals surface area contributed by atoms with Gasteiger partial charge in [-0.25, -0.2) is 18.2 Å². The average molecular weight is 316 g/mol. The number of hydrogen-bond donors (Lipinski definition) is 2. The fourth-order valence-corrected chi connectivity index (χ4v) is 2.17. The summed E-state index contributed by atoms with van der Waals surface area (Å²) in [4.78, 5) is 26.0. The van der Waals surface area contributed by atoms with E-state index in [0.717, 1.165) is 17.4 Å². The monoisotopic (exact) mass is 316 g/mol. The van der Waals surface area contributed by atoms with Crippen molar-refractivity contribution >= 4 is 28.3 Å². The van der Waals surface area contributed by atoms with Gasteiger partial charge < -0.3 is 5.11 Å². The van der Waals surface area contributed by atoms with Crippen LogP contribution in [0.1, 0.15) is 16.1 Å². The minimum Gasteiger partial charge on any atom is -0.481 e. The summed E-state index contributed by atoms with van der Waals surface area (Å²) in [7, 11) is 0. The Morgan fingerprint density at radius 2 is 1.95 bits per heavy atom. The van der Waals surface area contributed by atoms with Gasteiger partial charge in [0.15, 0.2) is 22.6 Å². The number of anilines is 1. The van der Waals surface area contributed by atoms with Gasteiger partial charge in [-0.05, 0) is 12.1 Å². The second-order valence-electron chi connectivity index (χ2n) is 3.89. The number of benzene rings is 1. The summed E-state index contributed by atoms with van der Waals surface area (Å²) >= 11 is 0.931. The predicted molar refractivity (Wildman–Crippen MR) is 67.7 cm³/mol. The summed E-state index contributed by atoms with van der Waals surface area (Å²) in [5.74, 6) is -6.85. The molecule has 0 bridgehead atoms. The maximum Gasteiger partial charge on any atom is 0.309 e. The number of aliphatic carboxylic acids is 1. The number of carbonyl (C=O) groups is 2. The summed E-state index contributed by atoms with van der Waals surface area (Å²) in [6.45, 7) is 0. The summed E-state index contributed by atoms with van der Waals surface area (Å²) < 4.78 is 39.2. The zero-order chi connectivity index (χ0) is 15.6. The molecule has 1 aromatic carbocycles. The lowest BCUT2D eigenvalue weighted by atomic mass is 10.2. The molecule has 0 fully saturated rings. The molecule has 5 nitrogen and oxygen atoms in total. The molecule has 0 atom stereocenters. The Bertz CT molecular complexity index is 718. The molecule has 1 aromatic heterocycles. The summed E-state index contributed by atoms with van der Waals surface area (Å²) in [5, 5.41) is 12.2. The molecule has 0 aliphatic carbocycles. The van der Waals surface area contributed by atoms with E-state index in [4.69, 9.17) is 5.11 Å². The quantitative estimate of drug-likeness (QED) is 0.849. The highest BCUT2D eigenvalue weighted by Crippen LogP contribution is 2.19. The van der Waals surface area contributed by atoms with Gasteiger partial charge in [-0.15, -0.1) is 11.3 Å². The minimum absolute atomic E-state index is 0.0281. The SMILES string of the molecule is O=C(O)Cc1csc(NC(=O)c2ccc(F)c(F)c2F)n1. The van der Waals surface area contributed by atoms with Crippen LogP contribution in [0.4, 0.5) is 18.3 Å². The standard InChI is InChI=1S/C12H7F3N2O3S/c13-7-2-1-6(9(14)10(7)15)11(20)17-12-16-5(4-21-12)3-8(18)19/h1-2,4H,3H2,(H,18,19)(H,16,17,20). The number of carboxylic acid groups (broad SMARTS) is 1. The Morgan fingerprint density at radius 1 is 1.24 bits per heavy atom. The second-order valence-corrected chi connectivity index (χ2v) is 4.75. The van der Waals surface area contributed by atoms with Gasteiger partial charge >= 0.3 is 5.97 Å². The van der Waals surface area contributed by atoms with Crippen LogP contribution in [0.25, 0.3) is 0 Å². The number of thiazole rings is 1. The van der Waals surface area contributed by atoms with Crippen molar-refractivity contribution in [3.8, 4) is 0 Å². The van der Waals surface area contributed by atoms with Gasteiger partial charge in [-0.3, -0.25) is 14.9 Å². The third-order valence-corrected chi connectivity index (χ3v) is 3.19. The second kappa shape index (κ2) is 5.92. The number of carboxylic acids is 1. The molecule has 2 aromatic rings. The molecule has 0 aliphatic rings. The fraction of sp³-hybridized carbons (Fsp3) is 0.0833. The molecule has 0 radical (unpaired) electrons. The van der Waals surface area contributed by atoms with Gasteiger partial charge in [-0.2, -0.15) is 0 Å². The van der Waals surface area contributed by atoms with E-state index in [2.05, 4.69) is 10.3 Å². The Hall–Kier alpha value is -2.42. The molecular formula is C12H7F3N2O3S. The van der Waals surface area contributed by atoms with Crippen LogP contribution in [-0.4, -0.2) is 22.0 Å². The van der Waals surface area contributed by atoms with Crippen molar-refractivity contribution in [1.82, 2.24) is 4.98 Å². The number of halogens is 3. The van der Waals surface area contributed by atoms with Crippen molar-refractivity contribution in [1.29, 1.82) is 0 Å².